The van der Waals surface area contributed by atoms with E-state index in [2.05, 4.69) is 203 Å². The lowest BCUT2D eigenvalue weighted by Crippen LogP contribution is -2.15. The Kier molecular flexibility index (Phi) is 7.24. The molecule has 3 nitrogen and oxygen atoms in total. The lowest BCUT2D eigenvalue weighted by atomic mass is 9.79. The van der Waals surface area contributed by atoms with Crippen molar-refractivity contribution in [1.29, 1.82) is 0 Å². The van der Waals surface area contributed by atoms with Gasteiger partial charge in [0, 0.05) is 33.0 Å². The van der Waals surface area contributed by atoms with Crippen molar-refractivity contribution in [2.24, 2.45) is 0 Å². The molecule has 0 unspecified atom stereocenters. The van der Waals surface area contributed by atoms with Crippen LogP contribution in [0.1, 0.15) is 51.3 Å². The molecule has 2 heterocycles. The minimum Gasteiger partial charge on any atom is -0.309 e. The lowest BCUT2D eigenvalue weighted by molar-refractivity contribution is 0.591. The molecule has 0 aliphatic heterocycles. The molecule has 0 saturated carbocycles. The van der Waals surface area contributed by atoms with E-state index in [1.807, 2.05) is 0 Å². The predicted molar refractivity (Wildman–Crippen MR) is 253 cm³/mol. The first-order chi connectivity index (χ1) is 29.1. The van der Waals surface area contributed by atoms with E-state index >= 15 is 0 Å². The summed E-state index contributed by atoms with van der Waals surface area (Å²) in [6.07, 6.45) is 1.72. The normalized spacial score (nSPS) is 13.6. The maximum Gasteiger partial charge on any atom is 0.116 e. The number of benzene rings is 9. The Balaban J connectivity index is 0.975. The molecule has 0 saturated heterocycles. The molecule has 286 valence electrons. The molecule has 2 aromatic heterocycles. The second-order valence-corrected chi connectivity index (χ2v) is 18.3. The standard InChI is InChI=1S/C57H43N3/c1-56(2,3)41-26-38-16-17-40-31-48-55(44-23-19-39(27-41)53(38)54(40)44)43-22-18-37(30-47(43)57(48,4)5)50-32-49(58-33-59-50)36-21-25-52-46(29-36)45-28-35(34-12-8-6-9-13-34)20-24-51(45)60(52)42-14-10-7-11-15-42/h6-33H,1-5H3. The molecule has 0 amide bonds. The van der Waals surface area contributed by atoms with Crippen LogP contribution in [0.4, 0.5) is 0 Å². The van der Waals surface area contributed by atoms with Gasteiger partial charge >= 0.3 is 0 Å². The Morgan fingerprint density at radius 1 is 0.467 bits per heavy atom. The van der Waals surface area contributed by atoms with Crippen LogP contribution in [0, 0.1) is 0 Å². The van der Waals surface area contributed by atoms with Crippen molar-refractivity contribution >= 4 is 54.1 Å². The molecule has 12 rings (SSSR count). The van der Waals surface area contributed by atoms with Crippen molar-refractivity contribution in [1.82, 2.24) is 14.5 Å². The molecular formula is C57H43N3. The molecule has 60 heavy (non-hydrogen) atoms. The Labute approximate surface area is 350 Å². The van der Waals surface area contributed by atoms with Crippen LogP contribution in [0.5, 0.6) is 0 Å². The van der Waals surface area contributed by atoms with Crippen LogP contribution in [-0.4, -0.2) is 14.5 Å². The summed E-state index contributed by atoms with van der Waals surface area (Å²) >= 11 is 0. The average Bonchev–Trinajstić information content (AvgIpc) is 3.72. The smallest absolute Gasteiger partial charge is 0.116 e. The van der Waals surface area contributed by atoms with Crippen LogP contribution in [-0.2, 0) is 10.8 Å². The Morgan fingerprint density at radius 2 is 1.05 bits per heavy atom. The first-order valence-corrected chi connectivity index (χ1v) is 21.1. The summed E-state index contributed by atoms with van der Waals surface area (Å²) in [5.74, 6) is 0. The number of hydrogen-bond donors (Lipinski definition) is 0. The van der Waals surface area contributed by atoms with Crippen LogP contribution in [0.2, 0.25) is 0 Å². The van der Waals surface area contributed by atoms with Gasteiger partial charge in [-0.15, -0.1) is 0 Å². The van der Waals surface area contributed by atoms with Crippen molar-refractivity contribution in [2.75, 3.05) is 0 Å². The van der Waals surface area contributed by atoms with Crippen LogP contribution in [0.3, 0.4) is 0 Å². The van der Waals surface area contributed by atoms with E-state index in [1.54, 1.807) is 6.33 Å². The summed E-state index contributed by atoms with van der Waals surface area (Å²) in [4.78, 5) is 9.74. The Hall–Kier alpha value is -7.10. The van der Waals surface area contributed by atoms with Gasteiger partial charge in [0.1, 0.15) is 6.33 Å². The van der Waals surface area contributed by atoms with Crippen molar-refractivity contribution in [3.63, 3.8) is 0 Å². The third kappa shape index (κ3) is 5.08. The van der Waals surface area contributed by atoms with Gasteiger partial charge in [-0.05, 0) is 131 Å². The molecule has 1 aliphatic carbocycles. The average molecular weight is 770 g/mol. The van der Waals surface area contributed by atoms with Crippen LogP contribution >= 0.6 is 0 Å². The number of nitrogens with zero attached hydrogens (tertiary/aromatic N) is 3. The molecular weight excluding hydrogens is 727 g/mol. The minimum absolute atomic E-state index is 0.0852. The fourth-order valence-corrected chi connectivity index (χ4v) is 10.2. The largest absolute Gasteiger partial charge is 0.309 e. The molecule has 0 spiro atoms. The minimum atomic E-state index is -0.184. The second-order valence-electron chi connectivity index (χ2n) is 18.3. The second kappa shape index (κ2) is 12.5. The van der Waals surface area contributed by atoms with Crippen molar-refractivity contribution in [2.45, 2.75) is 45.4 Å². The zero-order chi connectivity index (χ0) is 40.5. The summed E-state index contributed by atoms with van der Waals surface area (Å²) in [6.45, 7) is 11.7. The topological polar surface area (TPSA) is 30.7 Å². The SMILES string of the molecule is CC(C)(C)c1cc2ccc3cc4c(c5ccc(c1)c2c35)-c1ccc(-c2cc(-c3ccc5c(c3)c3cc(-c6ccccc6)ccc3n5-c3ccccc3)ncn2)cc1C4(C)C. The van der Waals surface area contributed by atoms with Gasteiger partial charge < -0.3 is 4.57 Å². The number of hydrogen-bond acceptors (Lipinski definition) is 2. The number of aromatic nitrogens is 3. The zero-order valence-corrected chi connectivity index (χ0v) is 34.5. The third-order valence-corrected chi connectivity index (χ3v) is 13.4. The highest BCUT2D eigenvalue weighted by atomic mass is 15.0. The molecule has 0 N–H and O–H groups in total. The van der Waals surface area contributed by atoms with Crippen molar-refractivity contribution < 1.29 is 0 Å². The first kappa shape index (κ1) is 34.9. The van der Waals surface area contributed by atoms with Crippen LogP contribution in [0.15, 0.2) is 170 Å². The predicted octanol–water partition coefficient (Wildman–Crippen LogP) is 15.1. The first-order valence-electron chi connectivity index (χ1n) is 21.1. The highest BCUT2D eigenvalue weighted by Gasteiger charge is 2.37. The molecule has 3 heteroatoms. The van der Waals surface area contributed by atoms with Gasteiger partial charge in [0.2, 0.25) is 0 Å². The van der Waals surface area contributed by atoms with E-state index in [0.29, 0.717) is 0 Å². The zero-order valence-electron chi connectivity index (χ0n) is 34.5. The van der Waals surface area contributed by atoms with E-state index in [-0.39, 0.29) is 10.8 Å². The Morgan fingerprint density at radius 3 is 1.73 bits per heavy atom. The maximum atomic E-state index is 4.88. The van der Waals surface area contributed by atoms with Crippen molar-refractivity contribution in [3.8, 4) is 50.5 Å². The van der Waals surface area contributed by atoms with E-state index in [9.17, 15) is 0 Å². The number of para-hydroxylation sites is 1. The molecule has 0 atom stereocenters. The van der Waals surface area contributed by atoms with Gasteiger partial charge in [-0.25, -0.2) is 9.97 Å². The highest BCUT2D eigenvalue weighted by Crippen LogP contribution is 2.54. The summed E-state index contributed by atoms with van der Waals surface area (Å²) < 4.78 is 2.37. The number of rotatable bonds is 4. The van der Waals surface area contributed by atoms with E-state index in [0.717, 1.165) is 28.2 Å². The summed E-state index contributed by atoms with van der Waals surface area (Å²) in [5.41, 5.74) is 16.6. The third-order valence-electron chi connectivity index (χ3n) is 13.4. The van der Waals surface area contributed by atoms with Gasteiger partial charge in [0.15, 0.2) is 0 Å². The maximum absolute atomic E-state index is 4.88. The van der Waals surface area contributed by atoms with Gasteiger partial charge in [-0.1, -0.05) is 144 Å². The molecule has 1 aliphatic rings. The van der Waals surface area contributed by atoms with Crippen LogP contribution in [0.25, 0.3) is 105 Å². The van der Waals surface area contributed by atoms with Gasteiger partial charge in [-0.2, -0.15) is 0 Å². The van der Waals surface area contributed by atoms with E-state index in [4.69, 9.17) is 9.97 Å². The fourth-order valence-electron chi connectivity index (χ4n) is 10.2. The summed E-state index contributed by atoms with van der Waals surface area (Å²) in [6, 6.07) is 60.7. The summed E-state index contributed by atoms with van der Waals surface area (Å²) in [5, 5.41) is 10.4. The van der Waals surface area contributed by atoms with Gasteiger partial charge in [0.05, 0.1) is 22.4 Å². The van der Waals surface area contributed by atoms with E-state index in [1.165, 1.54) is 93.1 Å². The highest BCUT2D eigenvalue weighted by molar-refractivity contribution is 6.26. The fraction of sp³-hybridized carbons (Fsp3) is 0.123. The van der Waals surface area contributed by atoms with Gasteiger partial charge in [0.25, 0.3) is 0 Å². The lowest BCUT2D eigenvalue weighted by Gasteiger charge is -2.24. The van der Waals surface area contributed by atoms with Crippen LogP contribution < -0.4 is 0 Å². The van der Waals surface area contributed by atoms with Gasteiger partial charge in [-0.3, -0.25) is 0 Å². The van der Waals surface area contributed by atoms with E-state index < -0.39 is 0 Å². The van der Waals surface area contributed by atoms with Crippen molar-refractivity contribution in [3.05, 3.63) is 187 Å². The molecule has 11 aromatic rings. The molecule has 0 bridgehead atoms. The molecule has 9 aromatic carbocycles. The molecule has 0 fully saturated rings. The Bertz CT molecular complexity index is 3510. The monoisotopic (exact) mass is 769 g/mol. The quantitative estimate of drug-likeness (QED) is 0.167. The number of fused-ring (bicyclic) bond motifs is 7. The molecule has 0 radical (unpaired) electrons. The summed E-state index contributed by atoms with van der Waals surface area (Å²) in [7, 11) is 0.